The summed E-state index contributed by atoms with van der Waals surface area (Å²) < 4.78 is 32.3. The highest BCUT2D eigenvalue weighted by molar-refractivity contribution is 5.88. The summed E-state index contributed by atoms with van der Waals surface area (Å²) in [5.41, 5.74) is 0. The average Bonchev–Trinajstić information content (AvgIpc) is 3.42. The van der Waals surface area contributed by atoms with E-state index < -0.39 is 30.0 Å². The number of rotatable bonds is 12. The van der Waals surface area contributed by atoms with E-state index in [0.29, 0.717) is 57.9 Å². The minimum absolute atomic E-state index is 0.00630. The van der Waals surface area contributed by atoms with Gasteiger partial charge in [0.2, 0.25) is 23.6 Å². The fourth-order valence-electron chi connectivity index (χ4n) is 5.45. The van der Waals surface area contributed by atoms with Crippen molar-refractivity contribution in [3.63, 3.8) is 0 Å². The first-order chi connectivity index (χ1) is 18.0. The summed E-state index contributed by atoms with van der Waals surface area (Å²) in [6.07, 6.45) is 2.00. The van der Waals surface area contributed by atoms with Crippen molar-refractivity contribution in [3.8, 4) is 0 Å². The number of alkyl carbamates (subject to hydrolysis) is 1. The van der Waals surface area contributed by atoms with Crippen molar-refractivity contribution in [2.75, 3.05) is 19.7 Å². The van der Waals surface area contributed by atoms with E-state index in [9.17, 15) is 32.8 Å². The number of carbonyl (C=O) groups excluding carboxylic acids is 5. The molecule has 3 rings (SSSR count). The highest BCUT2D eigenvalue weighted by atomic mass is 19.3. The highest BCUT2D eigenvalue weighted by Gasteiger charge is 2.39. The molecule has 1 saturated carbocycles. The molecule has 3 fully saturated rings. The third-order valence-corrected chi connectivity index (χ3v) is 7.66. The Morgan fingerprint density at radius 3 is 2.47 bits per heavy atom. The van der Waals surface area contributed by atoms with Gasteiger partial charge in [-0.3, -0.25) is 14.4 Å². The van der Waals surface area contributed by atoms with Crippen LogP contribution in [0.1, 0.15) is 71.6 Å². The molecule has 2 saturated heterocycles. The van der Waals surface area contributed by atoms with Gasteiger partial charge in [-0.2, -0.15) is 0 Å². The molecule has 1 aliphatic carbocycles. The van der Waals surface area contributed by atoms with E-state index in [0.717, 1.165) is 0 Å². The number of ether oxygens (including phenoxy) is 1. The molecule has 4 amide bonds. The van der Waals surface area contributed by atoms with Crippen LogP contribution >= 0.6 is 0 Å². The Morgan fingerprint density at radius 2 is 1.87 bits per heavy atom. The molecule has 3 N–H and O–H groups in total. The lowest BCUT2D eigenvalue weighted by atomic mass is 9.86. The van der Waals surface area contributed by atoms with Gasteiger partial charge in [0.05, 0.1) is 12.1 Å². The van der Waals surface area contributed by atoms with Crippen molar-refractivity contribution >= 4 is 30.1 Å². The first kappa shape index (κ1) is 29.8. The van der Waals surface area contributed by atoms with Gasteiger partial charge in [0, 0.05) is 38.3 Å². The van der Waals surface area contributed by atoms with E-state index in [-0.39, 0.29) is 61.5 Å². The first-order valence-corrected chi connectivity index (χ1v) is 13.6. The summed E-state index contributed by atoms with van der Waals surface area (Å²) in [4.78, 5) is 62.9. The predicted molar refractivity (Wildman–Crippen MR) is 133 cm³/mol. The summed E-state index contributed by atoms with van der Waals surface area (Å²) in [6, 6.07) is -2.15. The monoisotopic (exact) mass is 542 g/mol. The van der Waals surface area contributed by atoms with Gasteiger partial charge in [0.1, 0.15) is 18.9 Å². The maximum atomic E-state index is 13.5. The fourth-order valence-corrected chi connectivity index (χ4v) is 5.45. The largest absolute Gasteiger partial charge is 0.447 e. The molecule has 0 bridgehead atoms. The lowest BCUT2D eigenvalue weighted by Crippen LogP contribution is -2.51. The lowest BCUT2D eigenvalue weighted by Gasteiger charge is -2.33. The number of nitrogens with one attached hydrogen (secondary N) is 3. The van der Waals surface area contributed by atoms with Crippen LogP contribution in [0, 0.1) is 17.8 Å². The Kier molecular flexibility index (Phi) is 10.4. The van der Waals surface area contributed by atoms with Gasteiger partial charge >= 0.3 is 6.09 Å². The normalized spacial score (nSPS) is 25.1. The van der Waals surface area contributed by atoms with Crippen LogP contribution in [0.2, 0.25) is 0 Å². The summed E-state index contributed by atoms with van der Waals surface area (Å²) in [7, 11) is 0. The van der Waals surface area contributed by atoms with Crippen molar-refractivity contribution in [3.05, 3.63) is 0 Å². The second kappa shape index (κ2) is 13.3. The Labute approximate surface area is 222 Å². The smallest absolute Gasteiger partial charge is 0.407 e. The van der Waals surface area contributed by atoms with Gasteiger partial charge in [-0.05, 0) is 50.4 Å². The third-order valence-electron chi connectivity index (χ3n) is 7.66. The van der Waals surface area contributed by atoms with Crippen LogP contribution < -0.4 is 16.0 Å². The standard InChI is InChI=1S/C26H40F2N4O6/c1-16(2)11-21(24(36)30-19(14-33)12-18-7-10-29-23(18)35)31-25(37)38-15-20-3-4-22(34)32(20)13-17-5-8-26(27,28)9-6-17/h14,16-21H,3-13,15H2,1-2H3,(H,29,35)(H,30,36)(H,31,37)/t18-,19-,20-,21-/m0/s1. The molecule has 0 aromatic rings. The second-order valence-corrected chi connectivity index (χ2v) is 11.2. The number of aldehydes is 1. The van der Waals surface area contributed by atoms with Crippen molar-refractivity contribution < 1.29 is 37.5 Å². The maximum Gasteiger partial charge on any atom is 0.407 e. The highest BCUT2D eigenvalue weighted by Crippen LogP contribution is 2.37. The van der Waals surface area contributed by atoms with Gasteiger partial charge in [-0.25, -0.2) is 13.6 Å². The molecule has 4 atom stereocenters. The van der Waals surface area contributed by atoms with Crippen molar-refractivity contribution in [2.45, 2.75) is 95.7 Å². The van der Waals surface area contributed by atoms with Gasteiger partial charge in [-0.1, -0.05) is 13.8 Å². The zero-order chi connectivity index (χ0) is 27.9. The molecule has 0 aromatic heterocycles. The number of amides is 4. The Morgan fingerprint density at radius 1 is 1.16 bits per heavy atom. The summed E-state index contributed by atoms with van der Waals surface area (Å²) in [5, 5.41) is 7.89. The Balaban J connectivity index is 1.50. The van der Waals surface area contributed by atoms with Crippen LogP contribution in [0.15, 0.2) is 0 Å². The predicted octanol–water partition coefficient (Wildman–Crippen LogP) is 2.15. The van der Waals surface area contributed by atoms with Crippen LogP contribution in [0.3, 0.4) is 0 Å². The quantitative estimate of drug-likeness (QED) is 0.324. The molecule has 12 heteroatoms. The molecule has 0 spiro atoms. The minimum atomic E-state index is -2.64. The average molecular weight is 543 g/mol. The van der Waals surface area contributed by atoms with E-state index in [1.807, 2.05) is 13.8 Å². The molecule has 0 unspecified atom stereocenters. The summed E-state index contributed by atoms with van der Waals surface area (Å²) >= 11 is 0. The molecule has 0 aromatic carbocycles. The molecule has 10 nitrogen and oxygen atoms in total. The van der Waals surface area contributed by atoms with Crippen LogP contribution in [0.25, 0.3) is 0 Å². The van der Waals surface area contributed by atoms with E-state index in [1.54, 1.807) is 4.90 Å². The Hall–Kier alpha value is -2.79. The number of halogens is 2. The first-order valence-electron chi connectivity index (χ1n) is 13.6. The topological polar surface area (TPSA) is 134 Å². The maximum absolute atomic E-state index is 13.5. The lowest BCUT2D eigenvalue weighted by molar-refractivity contribution is -0.130. The molecule has 3 aliphatic rings. The number of hydrogen-bond donors (Lipinski definition) is 3. The van der Waals surface area contributed by atoms with E-state index in [4.69, 9.17) is 4.74 Å². The van der Waals surface area contributed by atoms with Crippen LogP contribution in [0.5, 0.6) is 0 Å². The molecular weight excluding hydrogens is 502 g/mol. The van der Waals surface area contributed by atoms with E-state index in [1.165, 1.54) is 0 Å². The molecule has 2 aliphatic heterocycles. The number of likely N-dealkylation sites (tertiary alicyclic amines) is 1. The fraction of sp³-hybridized carbons (Fsp3) is 0.808. The minimum Gasteiger partial charge on any atom is -0.447 e. The van der Waals surface area contributed by atoms with Gasteiger partial charge in [0.25, 0.3) is 0 Å². The van der Waals surface area contributed by atoms with Crippen LogP contribution in [-0.4, -0.2) is 78.7 Å². The van der Waals surface area contributed by atoms with Gasteiger partial charge < -0.3 is 30.4 Å². The van der Waals surface area contributed by atoms with Crippen LogP contribution in [0.4, 0.5) is 13.6 Å². The molecule has 2 heterocycles. The zero-order valence-corrected chi connectivity index (χ0v) is 22.2. The van der Waals surface area contributed by atoms with E-state index >= 15 is 0 Å². The van der Waals surface area contributed by atoms with Crippen LogP contribution in [-0.2, 0) is 23.9 Å². The van der Waals surface area contributed by atoms with Gasteiger partial charge in [0.15, 0.2) is 0 Å². The van der Waals surface area contributed by atoms with Gasteiger partial charge in [-0.15, -0.1) is 0 Å². The number of nitrogens with zero attached hydrogens (tertiary/aromatic N) is 1. The third kappa shape index (κ3) is 8.62. The van der Waals surface area contributed by atoms with Crippen molar-refractivity contribution in [2.24, 2.45) is 17.8 Å². The SMILES string of the molecule is CC(C)C[C@H](NC(=O)OC[C@@H]1CCC(=O)N1CC1CCC(F)(F)CC1)C(=O)N[C@H](C=O)C[C@@H]1CCNC1=O. The molecule has 38 heavy (non-hydrogen) atoms. The van der Waals surface area contributed by atoms with Crippen molar-refractivity contribution in [1.82, 2.24) is 20.9 Å². The number of hydrogen-bond acceptors (Lipinski definition) is 6. The summed E-state index contributed by atoms with van der Waals surface area (Å²) in [5.74, 6) is -3.72. The second-order valence-electron chi connectivity index (χ2n) is 11.2. The zero-order valence-electron chi connectivity index (χ0n) is 22.2. The molecule has 214 valence electrons. The molecule has 0 radical (unpaired) electrons. The Bertz CT molecular complexity index is 876. The number of alkyl halides is 2. The molecular formula is C26H40F2N4O6. The van der Waals surface area contributed by atoms with Crippen molar-refractivity contribution in [1.29, 1.82) is 0 Å². The van der Waals surface area contributed by atoms with E-state index in [2.05, 4.69) is 16.0 Å². The summed E-state index contributed by atoms with van der Waals surface area (Å²) in [6.45, 7) is 4.61. The number of carbonyl (C=O) groups is 5.